The SMILES string of the molecule is CCNC(=NCCN(CC)C1CC1)NCCc1c[nH]c2ccc(F)cc12. The fraction of sp³-hybridized carbons (Fsp3) is 0.550. The molecular formula is C20H30FN5. The molecule has 1 heterocycles. The van der Waals surface area contributed by atoms with E-state index < -0.39 is 0 Å². The summed E-state index contributed by atoms with van der Waals surface area (Å²) in [5.74, 6) is 0.655. The number of aliphatic imine (C=N–C) groups is 1. The van der Waals surface area contributed by atoms with Gasteiger partial charge in [0.05, 0.1) is 6.54 Å². The van der Waals surface area contributed by atoms with Crippen LogP contribution >= 0.6 is 0 Å². The Labute approximate surface area is 155 Å². The summed E-state index contributed by atoms with van der Waals surface area (Å²) in [7, 11) is 0. The third-order valence-corrected chi connectivity index (χ3v) is 4.89. The van der Waals surface area contributed by atoms with Crippen molar-refractivity contribution in [2.75, 3.05) is 32.7 Å². The van der Waals surface area contributed by atoms with E-state index in [9.17, 15) is 4.39 Å². The quantitative estimate of drug-likeness (QED) is 0.477. The van der Waals surface area contributed by atoms with Crippen LogP contribution in [0.15, 0.2) is 29.4 Å². The summed E-state index contributed by atoms with van der Waals surface area (Å²) in [5, 5.41) is 7.64. The Morgan fingerprint density at radius 2 is 2.15 bits per heavy atom. The van der Waals surface area contributed by atoms with Crippen LogP contribution in [0.25, 0.3) is 10.9 Å². The lowest BCUT2D eigenvalue weighted by atomic mass is 10.1. The highest BCUT2D eigenvalue weighted by atomic mass is 19.1. The molecule has 1 aliphatic carbocycles. The number of H-pyrrole nitrogens is 1. The zero-order valence-corrected chi connectivity index (χ0v) is 15.8. The molecule has 6 heteroatoms. The van der Waals surface area contributed by atoms with Gasteiger partial charge < -0.3 is 15.6 Å². The largest absolute Gasteiger partial charge is 0.361 e. The fourth-order valence-electron chi connectivity index (χ4n) is 3.34. The molecule has 0 amide bonds. The van der Waals surface area contributed by atoms with Gasteiger partial charge in [-0.2, -0.15) is 0 Å². The number of fused-ring (bicyclic) bond motifs is 1. The highest BCUT2D eigenvalue weighted by molar-refractivity contribution is 5.83. The Kier molecular flexibility index (Phi) is 6.50. The number of guanidine groups is 1. The van der Waals surface area contributed by atoms with Crippen molar-refractivity contribution < 1.29 is 4.39 Å². The Balaban J connectivity index is 1.51. The predicted octanol–water partition coefficient (Wildman–Crippen LogP) is 2.89. The van der Waals surface area contributed by atoms with Crippen molar-refractivity contribution in [3.63, 3.8) is 0 Å². The van der Waals surface area contributed by atoms with Gasteiger partial charge in [0.1, 0.15) is 5.82 Å². The smallest absolute Gasteiger partial charge is 0.191 e. The number of aromatic nitrogens is 1. The molecule has 0 unspecified atom stereocenters. The number of likely N-dealkylation sites (N-methyl/N-ethyl adjacent to an activating group) is 1. The van der Waals surface area contributed by atoms with Crippen molar-refractivity contribution in [3.05, 3.63) is 35.8 Å². The molecular weight excluding hydrogens is 329 g/mol. The molecule has 0 saturated heterocycles. The van der Waals surface area contributed by atoms with Gasteiger partial charge in [-0.15, -0.1) is 0 Å². The van der Waals surface area contributed by atoms with Crippen molar-refractivity contribution in [1.82, 2.24) is 20.5 Å². The molecule has 3 rings (SSSR count). The van der Waals surface area contributed by atoms with Crippen molar-refractivity contribution in [2.45, 2.75) is 39.2 Å². The Morgan fingerprint density at radius 3 is 2.88 bits per heavy atom. The normalized spacial score (nSPS) is 15.0. The van der Waals surface area contributed by atoms with E-state index in [0.717, 1.165) is 67.6 Å². The second-order valence-electron chi connectivity index (χ2n) is 6.80. The molecule has 1 aliphatic rings. The molecule has 1 fully saturated rings. The highest BCUT2D eigenvalue weighted by Gasteiger charge is 2.27. The molecule has 0 spiro atoms. The Morgan fingerprint density at radius 1 is 1.31 bits per heavy atom. The zero-order valence-electron chi connectivity index (χ0n) is 15.8. The minimum absolute atomic E-state index is 0.197. The lowest BCUT2D eigenvalue weighted by Gasteiger charge is -2.18. The molecule has 0 bridgehead atoms. The Hall–Kier alpha value is -2.08. The van der Waals surface area contributed by atoms with Crippen molar-refractivity contribution in [1.29, 1.82) is 0 Å². The fourth-order valence-corrected chi connectivity index (χ4v) is 3.34. The molecule has 26 heavy (non-hydrogen) atoms. The number of halogens is 1. The second-order valence-corrected chi connectivity index (χ2v) is 6.80. The van der Waals surface area contributed by atoms with Crippen LogP contribution < -0.4 is 10.6 Å². The highest BCUT2D eigenvalue weighted by Crippen LogP contribution is 2.25. The van der Waals surface area contributed by atoms with Crippen LogP contribution in [-0.2, 0) is 6.42 Å². The summed E-state index contributed by atoms with van der Waals surface area (Å²) >= 11 is 0. The maximum absolute atomic E-state index is 13.5. The monoisotopic (exact) mass is 359 g/mol. The molecule has 1 aromatic heterocycles. The minimum atomic E-state index is -0.197. The van der Waals surface area contributed by atoms with Crippen LogP contribution in [0.4, 0.5) is 4.39 Å². The van der Waals surface area contributed by atoms with Gasteiger partial charge in [0.15, 0.2) is 5.96 Å². The van der Waals surface area contributed by atoms with Gasteiger partial charge in [-0.25, -0.2) is 4.39 Å². The maximum atomic E-state index is 13.5. The summed E-state index contributed by atoms with van der Waals surface area (Å²) in [6.45, 7) is 8.80. The lowest BCUT2D eigenvalue weighted by Crippen LogP contribution is -2.39. The van der Waals surface area contributed by atoms with Crippen LogP contribution in [0.5, 0.6) is 0 Å². The zero-order chi connectivity index (χ0) is 18.4. The molecule has 0 radical (unpaired) electrons. The van der Waals surface area contributed by atoms with Gasteiger partial charge in [0.25, 0.3) is 0 Å². The molecule has 2 aromatic rings. The number of rotatable bonds is 9. The first kappa shape index (κ1) is 18.7. The van der Waals surface area contributed by atoms with E-state index >= 15 is 0 Å². The standard InChI is InChI=1S/C20H30FN5/c1-3-22-20(24-11-12-26(4-2)17-6-7-17)23-10-9-15-14-25-19-8-5-16(21)13-18(15)19/h5,8,13-14,17,25H,3-4,6-7,9-12H2,1-2H3,(H2,22,23,24). The lowest BCUT2D eigenvalue weighted by molar-refractivity contribution is 0.286. The second kappa shape index (κ2) is 9.03. The number of hydrogen-bond acceptors (Lipinski definition) is 2. The van der Waals surface area contributed by atoms with E-state index in [1.165, 1.54) is 18.9 Å². The third-order valence-electron chi connectivity index (χ3n) is 4.89. The molecule has 0 atom stereocenters. The van der Waals surface area contributed by atoms with Crippen molar-refractivity contribution >= 4 is 16.9 Å². The first-order chi connectivity index (χ1) is 12.7. The maximum Gasteiger partial charge on any atom is 0.191 e. The summed E-state index contributed by atoms with van der Waals surface area (Å²) in [6.07, 6.45) is 5.45. The summed E-state index contributed by atoms with van der Waals surface area (Å²) < 4.78 is 13.5. The van der Waals surface area contributed by atoms with Gasteiger partial charge >= 0.3 is 0 Å². The summed E-state index contributed by atoms with van der Waals surface area (Å²) in [5.41, 5.74) is 2.09. The molecule has 5 nitrogen and oxygen atoms in total. The van der Waals surface area contributed by atoms with Crippen LogP contribution in [0.1, 0.15) is 32.3 Å². The van der Waals surface area contributed by atoms with Gasteiger partial charge in [-0.05, 0) is 56.5 Å². The number of benzene rings is 1. The molecule has 142 valence electrons. The van der Waals surface area contributed by atoms with E-state index in [0.29, 0.717) is 0 Å². The molecule has 3 N–H and O–H groups in total. The summed E-state index contributed by atoms with van der Waals surface area (Å²) in [6, 6.07) is 5.65. The molecule has 1 saturated carbocycles. The topological polar surface area (TPSA) is 55.5 Å². The molecule has 0 aliphatic heterocycles. The third kappa shape index (κ3) is 4.97. The van der Waals surface area contributed by atoms with Gasteiger partial charge in [-0.3, -0.25) is 9.89 Å². The molecule has 1 aromatic carbocycles. The van der Waals surface area contributed by atoms with Crippen molar-refractivity contribution in [3.8, 4) is 0 Å². The van der Waals surface area contributed by atoms with Crippen LogP contribution in [0.3, 0.4) is 0 Å². The van der Waals surface area contributed by atoms with E-state index in [-0.39, 0.29) is 5.82 Å². The van der Waals surface area contributed by atoms with Crippen molar-refractivity contribution in [2.24, 2.45) is 4.99 Å². The number of nitrogens with zero attached hydrogens (tertiary/aromatic N) is 2. The number of nitrogens with one attached hydrogen (secondary N) is 3. The van der Waals surface area contributed by atoms with Gasteiger partial charge in [0, 0.05) is 42.8 Å². The predicted molar refractivity (Wildman–Crippen MR) is 106 cm³/mol. The van der Waals surface area contributed by atoms with Crippen LogP contribution in [-0.4, -0.2) is 54.6 Å². The number of hydrogen-bond donors (Lipinski definition) is 3. The average molecular weight is 359 g/mol. The number of aromatic amines is 1. The van der Waals surface area contributed by atoms with E-state index in [4.69, 9.17) is 4.99 Å². The summed E-state index contributed by atoms with van der Waals surface area (Å²) in [4.78, 5) is 10.4. The van der Waals surface area contributed by atoms with E-state index in [1.54, 1.807) is 12.1 Å². The van der Waals surface area contributed by atoms with Crippen LogP contribution in [0, 0.1) is 5.82 Å². The Bertz CT molecular complexity index is 735. The first-order valence-electron chi connectivity index (χ1n) is 9.73. The van der Waals surface area contributed by atoms with Crippen LogP contribution in [0.2, 0.25) is 0 Å². The van der Waals surface area contributed by atoms with E-state index in [2.05, 4.69) is 34.4 Å². The van der Waals surface area contributed by atoms with Gasteiger partial charge in [-0.1, -0.05) is 6.92 Å². The van der Waals surface area contributed by atoms with E-state index in [1.807, 2.05) is 6.20 Å². The van der Waals surface area contributed by atoms with Gasteiger partial charge in [0.2, 0.25) is 0 Å². The average Bonchev–Trinajstić information content (AvgIpc) is 3.40. The first-order valence-corrected chi connectivity index (χ1v) is 9.73. The minimum Gasteiger partial charge on any atom is -0.361 e.